The lowest BCUT2D eigenvalue weighted by atomic mass is 10.1. The molecule has 3 fully saturated rings. The lowest BCUT2D eigenvalue weighted by molar-refractivity contribution is -0.0263. The van der Waals surface area contributed by atoms with Crippen molar-refractivity contribution < 1.29 is 22.8 Å². The van der Waals surface area contributed by atoms with Crippen molar-refractivity contribution in [1.82, 2.24) is 20.4 Å². The van der Waals surface area contributed by atoms with Crippen LogP contribution in [0.15, 0.2) is 16.7 Å². The number of nitrogens with zero attached hydrogens (tertiary/aromatic N) is 4. The number of halogens is 2. The Hall–Kier alpha value is -2.78. The number of rotatable bonds is 9. The molecule has 0 spiro atoms. The summed E-state index contributed by atoms with van der Waals surface area (Å²) in [6, 6.07) is 3.12. The van der Waals surface area contributed by atoms with E-state index in [2.05, 4.69) is 20.4 Å². The molecule has 0 bridgehead atoms. The quantitative estimate of drug-likeness (QED) is 0.650. The first-order valence-electron chi connectivity index (χ1n) is 10.7. The van der Waals surface area contributed by atoms with Gasteiger partial charge < -0.3 is 19.5 Å². The maximum atomic E-state index is 13.5. The van der Waals surface area contributed by atoms with E-state index in [9.17, 15) is 13.6 Å². The molecule has 1 unspecified atom stereocenters. The third-order valence-corrected chi connectivity index (χ3v) is 5.89. The molecular formula is C21H25F2N5O3. The molecule has 2 aliphatic carbocycles. The lowest BCUT2D eigenvalue weighted by Gasteiger charge is -2.40. The monoisotopic (exact) mass is 433 g/mol. The van der Waals surface area contributed by atoms with E-state index in [1.807, 2.05) is 0 Å². The fourth-order valence-electron chi connectivity index (χ4n) is 3.80. The molecular weight excluding hydrogens is 408 g/mol. The predicted molar refractivity (Wildman–Crippen MR) is 106 cm³/mol. The van der Waals surface area contributed by atoms with Crippen LogP contribution in [0.4, 0.5) is 14.5 Å². The number of hydrogen-bond acceptors (Lipinski definition) is 7. The van der Waals surface area contributed by atoms with Crippen LogP contribution in [0, 0.1) is 18.8 Å². The minimum Gasteiger partial charge on any atom is -0.477 e. The number of nitrogens with one attached hydrogen (secondary N) is 1. The Morgan fingerprint density at radius 1 is 1.29 bits per heavy atom. The Bertz CT molecular complexity index is 966. The standard InChI is InChI=1S/C21H25F2N5O3/c1-12-24-17(27-31-12)8-15(14-4-5-14)25-20(29)19-16(28-10-21(22,23)11-28)6-7-18(26-19)30-9-13-2-3-13/h6-7,13-15H,2-5,8-11H2,1H3,(H,25,29). The van der Waals surface area contributed by atoms with E-state index in [4.69, 9.17) is 9.26 Å². The van der Waals surface area contributed by atoms with Crippen LogP contribution in [-0.4, -0.2) is 52.7 Å². The summed E-state index contributed by atoms with van der Waals surface area (Å²) < 4.78 is 37.7. The second-order valence-electron chi connectivity index (χ2n) is 8.83. The van der Waals surface area contributed by atoms with Crippen LogP contribution in [0.5, 0.6) is 5.88 Å². The highest BCUT2D eigenvalue weighted by Crippen LogP contribution is 2.36. The fraction of sp³-hybridized carbons (Fsp3) is 0.619. The highest BCUT2D eigenvalue weighted by atomic mass is 19.3. The maximum Gasteiger partial charge on any atom is 0.282 e. The van der Waals surface area contributed by atoms with Crippen LogP contribution in [0.3, 0.4) is 0 Å². The van der Waals surface area contributed by atoms with Gasteiger partial charge in [-0.25, -0.2) is 13.8 Å². The average molecular weight is 433 g/mol. The van der Waals surface area contributed by atoms with Gasteiger partial charge in [0.05, 0.1) is 25.4 Å². The summed E-state index contributed by atoms with van der Waals surface area (Å²) in [6.45, 7) is 1.42. The predicted octanol–water partition coefficient (Wildman–Crippen LogP) is 2.77. The van der Waals surface area contributed by atoms with Gasteiger partial charge in [-0.3, -0.25) is 4.79 Å². The van der Waals surface area contributed by atoms with E-state index in [1.165, 1.54) is 4.90 Å². The van der Waals surface area contributed by atoms with Crippen molar-refractivity contribution in [2.45, 2.75) is 51.0 Å². The minimum absolute atomic E-state index is 0.110. The molecule has 1 aliphatic heterocycles. The fourth-order valence-corrected chi connectivity index (χ4v) is 3.80. The van der Waals surface area contributed by atoms with Crippen molar-refractivity contribution in [2.75, 3.05) is 24.6 Å². The first kappa shape index (κ1) is 20.1. The number of carbonyl (C=O) groups is 1. The number of carbonyl (C=O) groups excluding carboxylic acids is 1. The molecule has 1 saturated heterocycles. The average Bonchev–Trinajstić information content (AvgIpc) is 3.63. The van der Waals surface area contributed by atoms with Gasteiger partial charge in [0.25, 0.3) is 11.8 Å². The number of hydrogen-bond donors (Lipinski definition) is 1. The summed E-state index contributed by atoms with van der Waals surface area (Å²) >= 11 is 0. The minimum atomic E-state index is -2.75. The van der Waals surface area contributed by atoms with Crippen molar-refractivity contribution in [3.8, 4) is 5.88 Å². The van der Waals surface area contributed by atoms with Crippen molar-refractivity contribution in [2.24, 2.45) is 11.8 Å². The molecule has 1 N–H and O–H groups in total. The summed E-state index contributed by atoms with van der Waals surface area (Å²) in [5, 5.41) is 6.95. The SMILES string of the molecule is Cc1nc(CC(NC(=O)c2nc(OCC3CC3)ccc2N2CC(F)(F)C2)C2CC2)no1. The lowest BCUT2D eigenvalue weighted by Crippen LogP contribution is -2.57. The van der Waals surface area contributed by atoms with Gasteiger partial charge in [0, 0.05) is 25.5 Å². The van der Waals surface area contributed by atoms with E-state index in [1.54, 1.807) is 19.1 Å². The number of ether oxygens (including phenoxy) is 1. The zero-order valence-corrected chi connectivity index (χ0v) is 17.3. The largest absolute Gasteiger partial charge is 0.477 e. The van der Waals surface area contributed by atoms with Crippen LogP contribution in [0.2, 0.25) is 0 Å². The number of pyridine rings is 1. The smallest absolute Gasteiger partial charge is 0.282 e. The first-order chi connectivity index (χ1) is 14.9. The van der Waals surface area contributed by atoms with Crippen LogP contribution in [0.1, 0.15) is 47.9 Å². The van der Waals surface area contributed by atoms with E-state index in [0.717, 1.165) is 25.7 Å². The molecule has 2 saturated carbocycles. The number of amides is 1. The second-order valence-corrected chi connectivity index (χ2v) is 8.83. The van der Waals surface area contributed by atoms with Crippen molar-refractivity contribution in [1.29, 1.82) is 0 Å². The molecule has 5 rings (SSSR count). The Morgan fingerprint density at radius 2 is 2.06 bits per heavy atom. The van der Waals surface area contributed by atoms with Gasteiger partial charge in [-0.15, -0.1) is 0 Å². The van der Waals surface area contributed by atoms with E-state index < -0.39 is 24.9 Å². The number of anilines is 1. The summed E-state index contributed by atoms with van der Waals surface area (Å²) in [5.41, 5.74) is 0.505. The van der Waals surface area contributed by atoms with Gasteiger partial charge in [-0.2, -0.15) is 4.98 Å². The second kappa shape index (κ2) is 7.72. The Morgan fingerprint density at radius 3 is 2.68 bits per heavy atom. The zero-order valence-electron chi connectivity index (χ0n) is 17.3. The van der Waals surface area contributed by atoms with Gasteiger partial charge in [-0.1, -0.05) is 5.16 Å². The van der Waals surface area contributed by atoms with Gasteiger partial charge in [0.2, 0.25) is 11.8 Å². The number of aromatic nitrogens is 3. The van der Waals surface area contributed by atoms with Gasteiger partial charge in [0.15, 0.2) is 11.5 Å². The summed E-state index contributed by atoms with van der Waals surface area (Å²) in [7, 11) is 0. The van der Waals surface area contributed by atoms with E-state index in [-0.39, 0.29) is 11.7 Å². The van der Waals surface area contributed by atoms with Crippen LogP contribution in [-0.2, 0) is 6.42 Å². The number of alkyl halides is 2. The molecule has 8 nitrogen and oxygen atoms in total. The van der Waals surface area contributed by atoms with Crippen molar-refractivity contribution >= 4 is 11.6 Å². The molecule has 0 radical (unpaired) electrons. The van der Waals surface area contributed by atoms with Crippen molar-refractivity contribution in [3.05, 3.63) is 29.5 Å². The first-order valence-corrected chi connectivity index (χ1v) is 10.7. The van der Waals surface area contributed by atoms with Gasteiger partial charge in [-0.05, 0) is 43.6 Å². The molecule has 2 aromatic heterocycles. The van der Waals surface area contributed by atoms with Crippen LogP contribution >= 0.6 is 0 Å². The summed E-state index contributed by atoms with van der Waals surface area (Å²) in [6.07, 6.45) is 4.72. The topological polar surface area (TPSA) is 93.4 Å². The van der Waals surface area contributed by atoms with Gasteiger partial charge in [0.1, 0.15) is 0 Å². The summed E-state index contributed by atoms with van der Waals surface area (Å²) in [5.74, 6) is -0.948. The summed E-state index contributed by atoms with van der Waals surface area (Å²) in [4.78, 5) is 23.3. The maximum absolute atomic E-state index is 13.5. The Kier molecular flexibility index (Phi) is 5.02. The molecule has 3 aliphatic rings. The molecule has 1 atom stereocenters. The molecule has 2 aromatic rings. The zero-order chi connectivity index (χ0) is 21.6. The van der Waals surface area contributed by atoms with E-state index in [0.29, 0.717) is 48.1 Å². The molecule has 10 heteroatoms. The van der Waals surface area contributed by atoms with Crippen molar-refractivity contribution in [3.63, 3.8) is 0 Å². The number of aryl methyl sites for hydroxylation is 1. The molecule has 166 valence electrons. The van der Waals surface area contributed by atoms with Crippen LogP contribution in [0.25, 0.3) is 0 Å². The third-order valence-electron chi connectivity index (χ3n) is 5.89. The highest BCUT2D eigenvalue weighted by Gasteiger charge is 2.45. The molecule has 1 amide bonds. The Labute approximate surface area is 178 Å². The Balaban J connectivity index is 1.34. The van der Waals surface area contributed by atoms with Crippen LogP contribution < -0.4 is 15.0 Å². The highest BCUT2D eigenvalue weighted by molar-refractivity contribution is 5.98. The molecule has 0 aromatic carbocycles. The normalized spacial score (nSPS) is 20.8. The molecule has 31 heavy (non-hydrogen) atoms. The van der Waals surface area contributed by atoms with E-state index >= 15 is 0 Å². The third kappa shape index (κ3) is 4.77. The van der Waals surface area contributed by atoms with Gasteiger partial charge >= 0.3 is 0 Å². The molecule has 3 heterocycles.